The van der Waals surface area contributed by atoms with Gasteiger partial charge in [0.2, 0.25) is 0 Å². The second-order valence-corrected chi connectivity index (χ2v) is 7.34. The van der Waals surface area contributed by atoms with Crippen LogP contribution >= 0.6 is 35.3 Å². The molecule has 6 nitrogen and oxygen atoms in total. The molecule has 0 aliphatic heterocycles. The lowest BCUT2D eigenvalue weighted by Crippen LogP contribution is -2.40. The van der Waals surface area contributed by atoms with E-state index in [2.05, 4.69) is 45.4 Å². The second kappa shape index (κ2) is 12.8. The number of hydrogen-bond donors (Lipinski definition) is 3. The zero-order valence-electron chi connectivity index (χ0n) is 16.1. The molecule has 0 saturated heterocycles. The minimum atomic E-state index is -0.169. The van der Waals surface area contributed by atoms with E-state index in [1.807, 2.05) is 6.92 Å². The normalized spacial score (nSPS) is 12.2. The molecule has 3 N–H and O–H groups in total. The number of hydrogen-bond acceptors (Lipinski definition) is 4. The fourth-order valence-electron chi connectivity index (χ4n) is 2.52. The van der Waals surface area contributed by atoms with E-state index in [0.717, 1.165) is 37.5 Å². The van der Waals surface area contributed by atoms with E-state index >= 15 is 0 Å². The lowest BCUT2D eigenvalue weighted by Gasteiger charge is -2.15. The third-order valence-electron chi connectivity index (χ3n) is 3.97. The Hall–Kier alpha value is -1.55. The van der Waals surface area contributed by atoms with Crippen LogP contribution in [0.25, 0.3) is 0 Å². The van der Waals surface area contributed by atoms with Crippen molar-refractivity contribution in [3.05, 3.63) is 46.0 Å². The summed E-state index contributed by atoms with van der Waals surface area (Å²) in [6.45, 7) is 6.27. The molecule has 1 amide bonds. The lowest BCUT2D eigenvalue weighted by molar-refractivity contribution is 0.0925. The number of aliphatic imine (C=N–C) groups is 1. The number of nitrogens with zero attached hydrogens (tertiary/aromatic N) is 1. The smallest absolute Gasteiger partial charge is 0.287 e. The average Bonchev–Trinajstić information content (AvgIpc) is 3.28. The Kier molecular flexibility index (Phi) is 11.1. The van der Waals surface area contributed by atoms with Crippen molar-refractivity contribution in [2.24, 2.45) is 10.9 Å². The van der Waals surface area contributed by atoms with Crippen molar-refractivity contribution < 1.29 is 9.21 Å². The van der Waals surface area contributed by atoms with Crippen molar-refractivity contribution >= 4 is 47.2 Å². The first-order valence-electron chi connectivity index (χ1n) is 8.89. The van der Waals surface area contributed by atoms with Crippen LogP contribution in [0.2, 0.25) is 0 Å². The molecule has 0 aliphatic rings. The number of furan rings is 1. The fourth-order valence-corrected chi connectivity index (χ4v) is 3.39. The Balaban J connectivity index is 0.00000364. The van der Waals surface area contributed by atoms with Crippen LogP contribution in [0.15, 0.2) is 39.3 Å². The van der Waals surface area contributed by atoms with E-state index in [1.54, 1.807) is 24.5 Å². The quantitative estimate of drug-likeness (QED) is 0.212. The first kappa shape index (κ1) is 23.5. The summed E-state index contributed by atoms with van der Waals surface area (Å²) >= 11 is 1.80. The maximum absolute atomic E-state index is 11.9. The highest BCUT2D eigenvalue weighted by molar-refractivity contribution is 14.0. The molecule has 0 saturated carbocycles. The van der Waals surface area contributed by atoms with E-state index < -0.39 is 0 Å². The van der Waals surface area contributed by atoms with Crippen LogP contribution < -0.4 is 16.0 Å². The van der Waals surface area contributed by atoms with Crippen molar-refractivity contribution in [3.8, 4) is 0 Å². The summed E-state index contributed by atoms with van der Waals surface area (Å²) in [7, 11) is 1.76. The van der Waals surface area contributed by atoms with E-state index in [4.69, 9.17) is 4.42 Å². The number of amides is 1. The highest BCUT2D eigenvalue weighted by atomic mass is 127. The number of halogens is 1. The number of thiophene rings is 1. The van der Waals surface area contributed by atoms with Gasteiger partial charge in [0.1, 0.15) is 0 Å². The molecule has 8 heteroatoms. The van der Waals surface area contributed by atoms with Gasteiger partial charge in [-0.15, -0.1) is 35.3 Å². The van der Waals surface area contributed by atoms with Gasteiger partial charge in [-0.1, -0.05) is 13.0 Å². The Morgan fingerprint density at radius 3 is 2.67 bits per heavy atom. The average molecular weight is 504 g/mol. The summed E-state index contributed by atoms with van der Waals surface area (Å²) in [6.07, 6.45) is 3.40. The van der Waals surface area contributed by atoms with Gasteiger partial charge in [-0.25, -0.2) is 0 Å². The van der Waals surface area contributed by atoms with Gasteiger partial charge < -0.3 is 20.4 Å². The Bertz CT molecular complexity index is 700. The first-order chi connectivity index (χ1) is 12.6. The molecular weight excluding hydrogens is 475 g/mol. The van der Waals surface area contributed by atoms with Crippen molar-refractivity contribution in [1.82, 2.24) is 16.0 Å². The van der Waals surface area contributed by atoms with Crippen molar-refractivity contribution in [2.75, 3.05) is 26.7 Å². The van der Waals surface area contributed by atoms with Crippen LogP contribution in [0, 0.1) is 12.8 Å². The summed E-state index contributed by atoms with van der Waals surface area (Å²) < 4.78 is 5.17. The van der Waals surface area contributed by atoms with E-state index in [-0.39, 0.29) is 29.9 Å². The van der Waals surface area contributed by atoms with Crippen LogP contribution in [0.3, 0.4) is 0 Å². The van der Waals surface area contributed by atoms with Crippen LogP contribution in [0.4, 0.5) is 0 Å². The molecule has 2 aromatic heterocycles. The van der Waals surface area contributed by atoms with Gasteiger partial charge in [0.05, 0.1) is 6.26 Å². The summed E-state index contributed by atoms with van der Waals surface area (Å²) in [5.41, 5.74) is 0.849. The summed E-state index contributed by atoms with van der Waals surface area (Å²) in [6, 6.07) is 6.05. The van der Waals surface area contributed by atoms with Crippen LogP contribution in [-0.4, -0.2) is 38.5 Å². The van der Waals surface area contributed by atoms with E-state index in [1.165, 1.54) is 11.1 Å². The fraction of sp³-hybridized carbons (Fsp3) is 0.474. The second-order valence-electron chi connectivity index (χ2n) is 6.31. The molecule has 0 aliphatic carbocycles. The maximum atomic E-state index is 11.9. The molecule has 0 bridgehead atoms. The first-order valence-corrected chi connectivity index (χ1v) is 9.77. The van der Waals surface area contributed by atoms with Crippen LogP contribution in [0.5, 0.6) is 0 Å². The molecule has 0 fully saturated rings. The zero-order chi connectivity index (χ0) is 18.8. The van der Waals surface area contributed by atoms with Gasteiger partial charge in [0, 0.05) is 37.1 Å². The monoisotopic (exact) mass is 504 g/mol. The minimum absolute atomic E-state index is 0. The van der Waals surface area contributed by atoms with Crippen molar-refractivity contribution in [3.63, 3.8) is 0 Å². The molecule has 27 heavy (non-hydrogen) atoms. The maximum Gasteiger partial charge on any atom is 0.287 e. The van der Waals surface area contributed by atoms with Gasteiger partial charge >= 0.3 is 0 Å². The van der Waals surface area contributed by atoms with Gasteiger partial charge in [-0.3, -0.25) is 9.79 Å². The Morgan fingerprint density at radius 2 is 2.04 bits per heavy atom. The van der Waals surface area contributed by atoms with Gasteiger partial charge in [-0.2, -0.15) is 0 Å². The van der Waals surface area contributed by atoms with Crippen LogP contribution in [-0.2, 0) is 6.42 Å². The van der Waals surface area contributed by atoms with E-state index in [0.29, 0.717) is 18.2 Å². The molecule has 2 aromatic rings. The molecular formula is C19H29IN4O2S. The third-order valence-corrected chi connectivity index (χ3v) is 4.87. The Labute approximate surface area is 182 Å². The van der Waals surface area contributed by atoms with Gasteiger partial charge in [0.25, 0.3) is 5.91 Å². The molecule has 0 radical (unpaired) electrons. The van der Waals surface area contributed by atoms with Gasteiger partial charge in [-0.05, 0) is 43.2 Å². The zero-order valence-corrected chi connectivity index (χ0v) is 19.2. The SMILES string of the molecule is CN=C(NCCCNC(=O)c1occc1C)NCC(C)Cc1cccs1.I. The van der Waals surface area contributed by atoms with Crippen molar-refractivity contribution in [2.45, 2.75) is 26.7 Å². The number of aryl methyl sites for hydroxylation is 1. The summed E-state index contributed by atoms with van der Waals surface area (Å²) in [4.78, 5) is 17.6. The minimum Gasteiger partial charge on any atom is -0.459 e. The Morgan fingerprint density at radius 1 is 1.26 bits per heavy atom. The highest BCUT2D eigenvalue weighted by Gasteiger charge is 2.11. The topological polar surface area (TPSA) is 78.7 Å². The lowest BCUT2D eigenvalue weighted by atomic mass is 10.1. The number of rotatable bonds is 9. The molecule has 1 unspecified atom stereocenters. The standard InChI is InChI=1S/C19H28N4O2S.HI/c1-14(12-16-6-4-11-26-16)13-23-19(20-3)22-9-5-8-21-18(24)17-15(2)7-10-25-17;/h4,6-7,10-11,14H,5,8-9,12-13H2,1-3H3,(H,21,24)(H2,20,22,23);1H. The van der Waals surface area contributed by atoms with E-state index in [9.17, 15) is 4.79 Å². The molecule has 2 heterocycles. The summed E-state index contributed by atoms with van der Waals surface area (Å²) in [5.74, 6) is 1.53. The predicted molar refractivity (Wildman–Crippen MR) is 122 cm³/mol. The number of nitrogens with one attached hydrogen (secondary N) is 3. The summed E-state index contributed by atoms with van der Waals surface area (Å²) in [5, 5.41) is 11.6. The molecule has 2 rings (SSSR count). The molecule has 1 atom stereocenters. The number of guanidine groups is 1. The van der Waals surface area contributed by atoms with Crippen LogP contribution in [0.1, 0.15) is 34.3 Å². The van der Waals surface area contributed by atoms with Gasteiger partial charge in [0.15, 0.2) is 11.7 Å². The highest BCUT2D eigenvalue weighted by Crippen LogP contribution is 2.13. The largest absolute Gasteiger partial charge is 0.459 e. The predicted octanol–water partition coefficient (Wildman–Crippen LogP) is 3.43. The number of carbonyl (C=O) groups excluding carboxylic acids is 1. The molecule has 0 spiro atoms. The third kappa shape index (κ3) is 8.34. The molecule has 0 aromatic carbocycles. The number of carbonyl (C=O) groups is 1. The molecule has 150 valence electrons. The van der Waals surface area contributed by atoms with Crippen molar-refractivity contribution in [1.29, 1.82) is 0 Å².